The lowest BCUT2D eigenvalue weighted by atomic mass is 9.74. The lowest BCUT2D eigenvalue weighted by molar-refractivity contribution is -0.105. The van der Waals surface area contributed by atoms with E-state index < -0.39 is 0 Å². The zero-order valence-corrected chi connectivity index (χ0v) is 14.2. The molecule has 0 spiro atoms. The molecule has 2 aliphatic rings. The fourth-order valence-corrected chi connectivity index (χ4v) is 4.41. The van der Waals surface area contributed by atoms with Crippen LogP contribution in [0.5, 0.6) is 0 Å². The molecule has 0 bridgehead atoms. The van der Waals surface area contributed by atoms with E-state index in [-0.39, 0.29) is 0 Å². The van der Waals surface area contributed by atoms with Crippen molar-refractivity contribution in [3.05, 3.63) is 0 Å². The molecule has 0 aromatic carbocycles. The molecule has 3 nitrogen and oxygen atoms in total. The highest BCUT2D eigenvalue weighted by molar-refractivity contribution is 4.86. The Labute approximate surface area is 130 Å². The largest absolute Gasteiger partial charge is 0.384 e. The molecule has 0 aromatic rings. The first-order chi connectivity index (χ1) is 10.2. The minimum Gasteiger partial charge on any atom is -0.384 e. The molecule has 2 unspecified atom stereocenters. The summed E-state index contributed by atoms with van der Waals surface area (Å²) >= 11 is 0. The summed E-state index contributed by atoms with van der Waals surface area (Å²) in [7, 11) is 3.62. The SMILES string of the molecule is COCC1CC(C)CC(COC)C1OCC1CCCCC1. The number of rotatable bonds is 7. The van der Waals surface area contributed by atoms with Crippen molar-refractivity contribution in [1.82, 2.24) is 0 Å². The van der Waals surface area contributed by atoms with Crippen molar-refractivity contribution < 1.29 is 14.2 Å². The Morgan fingerprint density at radius 2 is 1.38 bits per heavy atom. The zero-order chi connectivity index (χ0) is 15.1. The average Bonchev–Trinajstić information content (AvgIpc) is 2.48. The first-order valence-corrected chi connectivity index (χ1v) is 8.84. The predicted molar refractivity (Wildman–Crippen MR) is 85.4 cm³/mol. The summed E-state index contributed by atoms with van der Waals surface area (Å²) in [6, 6.07) is 0. The van der Waals surface area contributed by atoms with E-state index in [0.29, 0.717) is 17.9 Å². The Morgan fingerprint density at radius 1 is 0.810 bits per heavy atom. The highest BCUT2D eigenvalue weighted by Crippen LogP contribution is 2.36. The standard InChI is InChI=1S/C18H34O3/c1-14-9-16(12-19-2)18(17(10-14)13-20-3)21-11-15-7-5-4-6-8-15/h14-18H,4-13H2,1-3H3. The Morgan fingerprint density at radius 3 is 1.90 bits per heavy atom. The van der Waals surface area contributed by atoms with Crippen molar-refractivity contribution in [3.63, 3.8) is 0 Å². The molecule has 2 fully saturated rings. The van der Waals surface area contributed by atoms with Gasteiger partial charge < -0.3 is 14.2 Å². The second-order valence-electron chi connectivity index (χ2n) is 7.31. The fraction of sp³-hybridized carbons (Fsp3) is 1.00. The maximum absolute atomic E-state index is 6.44. The molecule has 0 saturated heterocycles. The third-order valence-electron chi connectivity index (χ3n) is 5.35. The Balaban J connectivity index is 1.91. The van der Waals surface area contributed by atoms with Gasteiger partial charge in [0.05, 0.1) is 19.3 Å². The molecule has 0 aromatic heterocycles. The van der Waals surface area contributed by atoms with Crippen molar-refractivity contribution >= 4 is 0 Å². The Kier molecular flexibility index (Phi) is 7.48. The number of methoxy groups -OCH3 is 2. The summed E-state index contributed by atoms with van der Waals surface area (Å²) in [6.07, 6.45) is 9.67. The smallest absolute Gasteiger partial charge is 0.0675 e. The lowest BCUT2D eigenvalue weighted by Crippen LogP contribution is -2.43. The van der Waals surface area contributed by atoms with E-state index >= 15 is 0 Å². The zero-order valence-electron chi connectivity index (χ0n) is 14.2. The topological polar surface area (TPSA) is 27.7 Å². The molecule has 0 amide bonds. The van der Waals surface area contributed by atoms with Crippen LogP contribution in [0.15, 0.2) is 0 Å². The number of hydrogen-bond acceptors (Lipinski definition) is 3. The monoisotopic (exact) mass is 298 g/mol. The molecule has 0 aliphatic heterocycles. The molecule has 3 heteroatoms. The van der Waals surface area contributed by atoms with Gasteiger partial charge in [-0.1, -0.05) is 26.2 Å². The van der Waals surface area contributed by atoms with E-state index in [4.69, 9.17) is 14.2 Å². The second-order valence-corrected chi connectivity index (χ2v) is 7.31. The van der Waals surface area contributed by atoms with Gasteiger partial charge in [0.1, 0.15) is 0 Å². The average molecular weight is 298 g/mol. The summed E-state index contributed by atoms with van der Waals surface area (Å²) < 4.78 is 17.4. The van der Waals surface area contributed by atoms with Crippen LogP contribution in [0.2, 0.25) is 0 Å². The van der Waals surface area contributed by atoms with Gasteiger partial charge in [-0.15, -0.1) is 0 Å². The van der Waals surface area contributed by atoms with Crippen LogP contribution in [-0.2, 0) is 14.2 Å². The van der Waals surface area contributed by atoms with Gasteiger partial charge in [-0.05, 0) is 37.5 Å². The van der Waals surface area contributed by atoms with Gasteiger partial charge in [0.25, 0.3) is 0 Å². The summed E-state index contributed by atoms with van der Waals surface area (Å²) in [4.78, 5) is 0. The first kappa shape index (κ1) is 17.2. The maximum Gasteiger partial charge on any atom is 0.0675 e. The van der Waals surface area contributed by atoms with Crippen molar-refractivity contribution in [1.29, 1.82) is 0 Å². The molecular weight excluding hydrogens is 264 g/mol. The molecule has 2 saturated carbocycles. The third kappa shape index (κ3) is 5.22. The van der Waals surface area contributed by atoms with Crippen LogP contribution in [0.25, 0.3) is 0 Å². The van der Waals surface area contributed by atoms with Crippen LogP contribution >= 0.6 is 0 Å². The van der Waals surface area contributed by atoms with Crippen LogP contribution < -0.4 is 0 Å². The van der Waals surface area contributed by atoms with Gasteiger partial charge in [-0.3, -0.25) is 0 Å². The summed E-state index contributed by atoms with van der Waals surface area (Å²) in [5.41, 5.74) is 0. The Bertz CT molecular complexity index is 260. The Hall–Kier alpha value is -0.120. The minimum atomic E-state index is 0.322. The molecule has 124 valence electrons. The van der Waals surface area contributed by atoms with E-state index in [9.17, 15) is 0 Å². The minimum absolute atomic E-state index is 0.322. The van der Waals surface area contributed by atoms with Crippen molar-refractivity contribution in [2.75, 3.05) is 34.0 Å². The van der Waals surface area contributed by atoms with E-state index in [1.807, 2.05) is 14.2 Å². The van der Waals surface area contributed by atoms with Gasteiger partial charge in [0, 0.05) is 32.7 Å². The lowest BCUT2D eigenvalue weighted by Gasteiger charge is -2.41. The quantitative estimate of drug-likeness (QED) is 0.713. The predicted octanol–water partition coefficient (Wildman–Crippen LogP) is 3.91. The highest BCUT2D eigenvalue weighted by atomic mass is 16.5. The molecule has 2 atom stereocenters. The van der Waals surface area contributed by atoms with Gasteiger partial charge >= 0.3 is 0 Å². The molecule has 0 N–H and O–H groups in total. The van der Waals surface area contributed by atoms with Crippen LogP contribution in [0.3, 0.4) is 0 Å². The van der Waals surface area contributed by atoms with E-state index in [0.717, 1.165) is 31.7 Å². The van der Waals surface area contributed by atoms with Crippen molar-refractivity contribution in [3.8, 4) is 0 Å². The first-order valence-electron chi connectivity index (χ1n) is 8.84. The fourth-order valence-electron chi connectivity index (χ4n) is 4.41. The normalized spacial score (nSPS) is 35.0. The molecule has 2 rings (SSSR count). The van der Waals surface area contributed by atoms with Crippen LogP contribution in [0, 0.1) is 23.7 Å². The van der Waals surface area contributed by atoms with Crippen LogP contribution in [0.4, 0.5) is 0 Å². The van der Waals surface area contributed by atoms with Crippen molar-refractivity contribution in [2.45, 2.75) is 58.0 Å². The van der Waals surface area contributed by atoms with Gasteiger partial charge in [0.15, 0.2) is 0 Å². The van der Waals surface area contributed by atoms with Gasteiger partial charge in [-0.2, -0.15) is 0 Å². The van der Waals surface area contributed by atoms with Gasteiger partial charge in [0.2, 0.25) is 0 Å². The van der Waals surface area contributed by atoms with Gasteiger partial charge in [-0.25, -0.2) is 0 Å². The van der Waals surface area contributed by atoms with Crippen LogP contribution in [-0.4, -0.2) is 40.1 Å². The molecule has 2 aliphatic carbocycles. The molecule has 0 radical (unpaired) electrons. The van der Waals surface area contributed by atoms with E-state index in [1.54, 1.807) is 0 Å². The number of ether oxygens (including phenoxy) is 3. The maximum atomic E-state index is 6.44. The number of hydrogen-bond donors (Lipinski definition) is 0. The second kappa shape index (κ2) is 9.12. The summed E-state index contributed by atoms with van der Waals surface area (Å²) in [6.45, 7) is 4.93. The molecule has 0 heterocycles. The van der Waals surface area contributed by atoms with Crippen LogP contribution in [0.1, 0.15) is 51.9 Å². The highest BCUT2D eigenvalue weighted by Gasteiger charge is 2.37. The van der Waals surface area contributed by atoms with Crippen molar-refractivity contribution in [2.24, 2.45) is 23.7 Å². The summed E-state index contributed by atoms with van der Waals surface area (Å²) in [5, 5.41) is 0. The molecule has 21 heavy (non-hydrogen) atoms. The summed E-state index contributed by atoms with van der Waals surface area (Å²) in [5.74, 6) is 2.59. The third-order valence-corrected chi connectivity index (χ3v) is 5.35. The van der Waals surface area contributed by atoms with E-state index in [2.05, 4.69) is 6.92 Å². The molecular formula is C18H34O3. The van der Waals surface area contributed by atoms with E-state index in [1.165, 1.54) is 44.9 Å².